The van der Waals surface area contributed by atoms with E-state index in [2.05, 4.69) is 5.32 Å². The van der Waals surface area contributed by atoms with Gasteiger partial charge >= 0.3 is 0 Å². The van der Waals surface area contributed by atoms with Crippen LogP contribution in [0.5, 0.6) is 5.75 Å². The van der Waals surface area contributed by atoms with E-state index in [0.717, 1.165) is 37.8 Å². The molecule has 0 spiro atoms. The lowest BCUT2D eigenvalue weighted by molar-refractivity contribution is -0.123. The smallest absolute Gasteiger partial charge is 0.268 e. The van der Waals surface area contributed by atoms with Gasteiger partial charge in [-0.3, -0.25) is 14.4 Å². The zero-order valence-corrected chi connectivity index (χ0v) is 18.4. The average molecular weight is 455 g/mol. The maximum Gasteiger partial charge on any atom is 0.268 e. The number of ketones is 1. The largest absolute Gasteiger partial charge is 0.483 e. The first kappa shape index (κ1) is 24.1. The molecule has 1 aromatic carbocycles. The van der Waals surface area contributed by atoms with Gasteiger partial charge < -0.3 is 19.4 Å². The second-order valence-corrected chi connectivity index (χ2v) is 7.91. The van der Waals surface area contributed by atoms with Gasteiger partial charge in [0.25, 0.3) is 11.5 Å². The minimum Gasteiger partial charge on any atom is -0.483 e. The Hall–Kier alpha value is -3.51. The zero-order chi connectivity index (χ0) is 23.8. The molecule has 0 aliphatic heterocycles. The highest BCUT2D eigenvalue weighted by atomic mass is 19.1. The summed E-state index contributed by atoms with van der Waals surface area (Å²) in [6.45, 7) is 0.329. The van der Waals surface area contributed by atoms with Gasteiger partial charge in [0, 0.05) is 38.1 Å². The van der Waals surface area contributed by atoms with Crippen LogP contribution in [0.1, 0.15) is 53.6 Å². The number of rotatable bonds is 10. The fourth-order valence-electron chi connectivity index (χ4n) is 3.83. The van der Waals surface area contributed by atoms with E-state index in [0.29, 0.717) is 13.0 Å². The van der Waals surface area contributed by atoms with Gasteiger partial charge in [-0.1, -0.05) is 12.8 Å². The maximum absolute atomic E-state index is 14.0. The SMILES string of the molecule is COCCCn1cc(C(=O)c2cc(F)ccc2OCC(=O)NC2CCCC2)cc(C#N)c1=O. The molecule has 1 heterocycles. The second-order valence-electron chi connectivity index (χ2n) is 7.91. The molecule has 0 radical (unpaired) electrons. The summed E-state index contributed by atoms with van der Waals surface area (Å²) in [5.74, 6) is -1.56. The van der Waals surface area contributed by atoms with Crippen LogP contribution in [0.15, 0.2) is 35.3 Å². The minimum absolute atomic E-state index is 0.0365. The highest BCUT2D eigenvalue weighted by molar-refractivity contribution is 6.10. The fourth-order valence-corrected chi connectivity index (χ4v) is 3.83. The number of benzene rings is 1. The molecular weight excluding hydrogens is 429 g/mol. The van der Waals surface area contributed by atoms with Crippen molar-refractivity contribution in [1.82, 2.24) is 9.88 Å². The van der Waals surface area contributed by atoms with Crippen molar-refractivity contribution in [2.75, 3.05) is 20.3 Å². The molecule has 1 saturated carbocycles. The summed E-state index contributed by atoms with van der Waals surface area (Å²) in [4.78, 5) is 37.8. The molecule has 0 bridgehead atoms. The van der Waals surface area contributed by atoms with Gasteiger partial charge in [0.15, 0.2) is 12.4 Å². The van der Waals surface area contributed by atoms with E-state index < -0.39 is 17.2 Å². The number of amides is 1. The Labute approximate surface area is 190 Å². The number of hydrogen-bond donors (Lipinski definition) is 1. The molecule has 1 aliphatic carbocycles. The van der Waals surface area contributed by atoms with Crippen molar-refractivity contribution in [2.45, 2.75) is 44.7 Å². The van der Waals surface area contributed by atoms with E-state index in [1.807, 2.05) is 0 Å². The van der Waals surface area contributed by atoms with Crippen molar-refractivity contribution < 1.29 is 23.5 Å². The Kier molecular flexibility index (Phi) is 8.33. The lowest BCUT2D eigenvalue weighted by atomic mass is 10.0. The van der Waals surface area contributed by atoms with Crippen molar-refractivity contribution in [1.29, 1.82) is 5.26 Å². The molecule has 1 amide bonds. The van der Waals surface area contributed by atoms with Crippen molar-refractivity contribution in [3.8, 4) is 11.8 Å². The van der Waals surface area contributed by atoms with E-state index in [-0.39, 0.29) is 47.5 Å². The number of carbonyl (C=O) groups is 2. The number of nitrogens with one attached hydrogen (secondary N) is 1. The Morgan fingerprint density at radius 3 is 2.73 bits per heavy atom. The zero-order valence-electron chi connectivity index (χ0n) is 18.4. The lowest BCUT2D eigenvalue weighted by Gasteiger charge is -2.15. The number of methoxy groups -OCH3 is 1. The molecular formula is C24H26FN3O5. The van der Waals surface area contributed by atoms with Crippen molar-refractivity contribution >= 4 is 11.7 Å². The molecule has 0 unspecified atom stereocenters. The summed E-state index contributed by atoms with van der Waals surface area (Å²) in [7, 11) is 1.53. The van der Waals surface area contributed by atoms with E-state index in [9.17, 15) is 24.0 Å². The van der Waals surface area contributed by atoms with Crippen LogP contribution in [0.3, 0.4) is 0 Å². The van der Waals surface area contributed by atoms with E-state index in [4.69, 9.17) is 9.47 Å². The number of hydrogen-bond acceptors (Lipinski definition) is 6. The summed E-state index contributed by atoms with van der Waals surface area (Å²) in [5.41, 5.74) is -0.790. The summed E-state index contributed by atoms with van der Waals surface area (Å²) in [6.07, 6.45) is 5.83. The molecule has 8 nitrogen and oxygen atoms in total. The van der Waals surface area contributed by atoms with E-state index in [1.54, 1.807) is 6.07 Å². The van der Waals surface area contributed by atoms with Gasteiger partial charge in [-0.2, -0.15) is 5.26 Å². The highest BCUT2D eigenvalue weighted by Crippen LogP contribution is 2.24. The van der Waals surface area contributed by atoms with E-state index >= 15 is 0 Å². The molecule has 33 heavy (non-hydrogen) atoms. The fraction of sp³-hybridized carbons (Fsp3) is 0.417. The molecule has 1 aromatic heterocycles. The van der Waals surface area contributed by atoms with Crippen LogP contribution >= 0.6 is 0 Å². The van der Waals surface area contributed by atoms with Crippen LogP contribution in [0.25, 0.3) is 0 Å². The van der Waals surface area contributed by atoms with Crippen LogP contribution in [-0.4, -0.2) is 42.6 Å². The van der Waals surface area contributed by atoms with Crippen molar-refractivity contribution in [3.63, 3.8) is 0 Å². The highest BCUT2D eigenvalue weighted by Gasteiger charge is 2.21. The van der Waals surface area contributed by atoms with Gasteiger partial charge in [-0.25, -0.2) is 4.39 Å². The Morgan fingerprint density at radius 2 is 2.03 bits per heavy atom. The molecule has 1 fully saturated rings. The number of halogens is 1. The van der Waals surface area contributed by atoms with Gasteiger partial charge in [0.2, 0.25) is 0 Å². The number of nitrogens with zero attached hydrogens (tertiary/aromatic N) is 2. The third-order valence-corrected chi connectivity index (χ3v) is 5.48. The first-order chi connectivity index (χ1) is 15.9. The van der Waals surface area contributed by atoms with Gasteiger partial charge in [0.1, 0.15) is 23.2 Å². The number of aryl methyl sites for hydroxylation is 1. The predicted octanol–water partition coefficient (Wildman–Crippen LogP) is 2.56. The quantitative estimate of drug-likeness (QED) is 0.436. The third-order valence-electron chi connectivity index (χ3n) is 5.48. The molecule has 2 aromatic rings. The van der Waals surface area contributed by atoms with E-state index in [1.165, 1.54) is 30.0 Å². The summed E-state index contributed by atoms with van der Waals surface area (Å²) >= 11 is 0. The lowest BCUT2D eigenvalue weighted by Crippen LogP contribution is -2.36. The summed E-state index contributed by atoms with van der Waals surface area (Å²) in [5, 5.41) is 12.2. The third kappa shape index (κ3) is 6.26. The Balaban J connectivity index is 1.83. The average Bonchev–Trinajstić information content (AvgIpc) is 3.32. The molecule has 1 N–H and O–H groups in total. The topological polar surface area (TPSA) is 110 Å². The number of carbonyl (C=O) groups excluding carboxylic acids is 2. The van der Waals surface area contributed by atoms with Crippen molar-refractivity contribution in [3.05, 3.63) is 63.3 Å². The first-order valence-corrected chi connectivity index (χ1v) is 10.8. The monoisotopic (exact) mass is 455 g/mol. The van der Waals surface area contributed by atoms with Crippen molar-refractivity contribution in [2.24, 2.45) is 0 Å². The van der Waals surface area contributed by atoms with Crippen LogP contribution in [0.2, 0.25) is 0 Å². The molecule has 174 valence electrons. The van der Waals surface area contributed by atoms with Gasteiger partial charge in [-0.15, -0.1) is 0 Å². The van der Waals surface area contributed by atoms with Gasteiger partial charge in [0.05, 0.1) is 5.56 Å². The van der Waals surface area contributed by atoms with Crippen LogP contribution in [0, 0.1) is 17.1 Å². The number of ether oxygens (including phenoxy) is 2. The first-order valence-electron chi connectivity index (χ1n) is 10.8. The normalized spacial score (nSPS) is 13.5. The molecule has 3 rings (SSSR count). The molecule has 9 heteroatoms. The molecule has 0 saturated heterocycles. The summed E-state index contributed by atoms with van der Waals surface area (Å²) < 4.78 is 25.8. The number of pyridine rings is 1. The second kappa shape index (κ2) is 11.4. The number of nitriles is 1. The minimum atomic E-state index is -0.657. The van der Waals surface area contributed by atoms with Crippen LogP contribution in [0.4, 0.5) is 4.39 Å². The summed E-state index contributed by atoms with van der Waals surface area (Å²) in [6, 6.07) is 6.53. The van der Waals surface area contributed by atoms with Crippen LogP contribution < -0.4 is 15.6 Å². The maximum atomic E-state index is 14.0. The molecule has 0 atom stereocenters. The Bertz CT molecular complexity index is 1120. The Morgan fingerprint density at radius 1 is 1.27 bits per heavy atom. The number of aromatic nitrogens is 1. The standard InChI is InChI=1S/C24H26FN3O5/c1-32-10-4-9-28-14-17(11-16(13-26)24(28)31)23(30)20-12-18(25)7-8-21(20)33-15-22(29)27-19-5-2-3-6-19/h7-8,11-12,14,19H,2-6,9-10,15H2,1H3,(H,27,29). The predicted molar refractivity (Wildman–Crippen MR) is 118 cm³/mol. The van der Waals surface area contributed by atoms with Gasteiger partial charge in [-0.05, 0) is 43.5 Å². The van der Waals surface area contributed by atoms with Crippen LogP contribution in [-0.2, 0) is 16.1 Å². The molecule has 1 aliphatic rings.